The number of fused-ring (bicyclic) bond motifs is 3. The smallest absolute Gasteiger partial charge is 0.138 e. The van der Waals surface area contributed by atoms with Gasteiger partial charge in [-0.1, -0.05) is 82.9 Å². The molecular formula is C35H33ClN2O. The molecule has 0 amide bonds. The topological polar surface area (TPSA) is 33.6 Å². The Bertz CT molecular complexity index is 1550. The van der Waals surface area contributed by atoms with E-state index in [0.717, 1.165) is 23.2 Å². The zero-order chi connectivity index (χ0) is 26.9. The molecule has 0 fully saturated rings. The van der Waals surface area contributed by atoms with Crippen LogP contribution in [-0.2, 0) is 6.61 Å². The second-order valence-corrected chi connectivity index (χ2v) is 11.3. The number of benzene rings is 4. The molecule has 0 spiro atoms. The zero-order valence-corrected chi connectivity index (χ0v) is 23.4. The molecule has 6 rings (SSSR count). The van der Waals surface area contributed by atoms with Gasteiger partial charge in [-0.15, -0.1) is 0 Å². The first-order valence-electron chi connectivity index (χ1n) is 13.6. The van der Waals surface area contributed by atoms with Crippen molar-refractivity contribution < 1.29 is 4.74 Å². The van der Waals surface area contributed by atoms with Crippen LogP contribution in [0.15, 0.2) is 96.0 Å². The highest BCUT2D eigenvalue weighted by Gasteiger charge is 2.37. The largest absolute Gasteiger partial charge is 0.487 e. The first-order chi connectivity index (χ1) is 18.9. The molecular weight excluding hydrogens is 500 g/mol. The predicted octanol–water partition coefficient (Wildman–Crippen LogP) is 9.42. The Morgan fingerprint density at radius 3 is 2.46 bits per heavy atom. The van der Waals surface area contributed by atoms with Gasteiger partial charge in [0, 0.05) is 17.8 Å². The molecule has 0 saturated heterocycles. The van der Waals surface area contributed by atoms with E-state index in [1.165, 1.54) is 33.5 Å². The Labute approximate surface area is 236 Å². The van der Waals surface area contributed by atoms with E-state index in [-0.39, 0.29) is 6.04 Å². The Balaban J connectivity index is 1.12. The van der Waals surface area contributed by atoms with Crippen LogP contribution in [0.4, 0.5) is 11.4 Å². The molecule has 2 aliphatic rings. The normalized spacial score (nSPS) is 19.5. The van der Waals surface area contributed by atoms with Crippen LogP contribution >= 0.6 is 11.6 Å². The van der Waals surface area contributed by atoms with Crippen molar-refractivity contribution in [3.8, 4) is 5.75 Å². The number of halogens is 1. The van der Waals surface area contributed by atoms with Crippen LogP contribution < -0.4 is 10.1 Å². The van der Waals surface area contributed by atoms with E-state index in [0.29, 0.717) is 29.2 Å². The number of anilines is 1. The van der Waals surface area contributed by atoms with Gasteiger partial charge in [0.1, 0.15) is 12.4 Å². The second-order valence-electron chi connectivity index (χ2n) is 10.9. The Morgan fingerprint density at radius 2 is 1.69 bits per heavy atom. The maximum absolute atomic E-state index is 6.54. The van der Waals surface area contributed by atoms with Crippen molar-refractivity contribution in [1.29, 1.82) is 0 Å². The highest BCUT2D eigenvalue weighted by Crippen LogP contribution is 2.50. The molecule has 0 unspecified atom stereocenters. The molecule has 4 heteroatoms. The molecule has 4 aromatic rings. The van der Waals surface area contributed by atoms with Crippen molar-refractivity contribution in [2.24, 2.45) is 10.9 Å². The summed E-state index contributed by atoms with van der Waals surface area (Å²) in [5.41, 5.74) is 10.7. The fourth-order valence-electron chi connectivity index (χ4n) is 5.99. The van der Waals surface area contributed by atoms with Gasteiger partial charge in [0.05, 0.1) is 16.8 Å². The average molecular weight is 533 g/mol. The summed E-state index contributed by atoms with van der Waals surface area (Å²) in [5.74, 6) is 1.68. The van der Waals surface area contributed by atoms with E-state index < -0.39 is 0 Å². The van der Waals surface area contributed by atoms with E-state index in [1.54, 1.807) is 0 Å². The van der Waals surface area contributed by atoms with Crippen molar-refractivity contribution in [2.75, 3.05) is 5.32 Å². The monoisotopic (exact) mass is 532 g/mol. The minimum Gasteiger partial charge on any atom is -0.487 e. The molecule has 0 saturated carbocycles. The van der Waals surface area contributed by atoms with Crippen molar-refractivity contribution >= 4 is 29.2 Å². The molecule has 1 aliphatic heterocycles. The maximum atomic E-state index is 6.54. The lowest BCUT2D eigenvalue weighted by molar-refractivity contribution is 0.306. The lowest BCUT2D eigenvalue weighted by atomic mass is 9.76. The summed E-state index contributed by atoms with van der Waals surface area (Å²) >= 11 is 6.54. The van der Waals surface area contributed by atoms with Gasteiger partial charge in [-0.25, -0.2) is 0 Å². The summed E-state index contributed by atoms with van der Waals surface area (Å²) in [5, 5.41) is 4.40. The fourth-order valence-corrected chi connectivity index (χ4v) is 6.23. The molecule has 196 valence electrons. The molecule has 3 atom stereocenters. The van der Waals surface area contributed by atoms with Crippen molar-refractivity contribution in [2.45, 2.75) is 45.8 Å². The van der Waals surface area contributed by atoms with Crippen LogP contribution in [0, 0.1) is 26.7 Å². The number of allylic oxidation sites excluding steroid dienone is 2. The highest BCUT2D eigenvalue weighted by molar-refractivity contribution is 6.32. The van der Waals surface area contributed by atoms with Crippen molar-refractivity contribution in [3.05, 3.63) is 135 Å². The van der Waals surface area contributed by atoms with Gasteiger partial charge in [0.15, 0.2) is 0 Å². The molecule has 4 aromatic carbocycles. The summed E-state index contributed by atoms with van der Waals surface area (Å²) in [7, 11) is 0. The van der Waals surface area contributed by atoms with Crippen LogP contribution in [0.1, 0.15) is 57.3 Å². The third-order valence-corrected chi connectivity index (χ3v) is 8.06. The summed E-state index contributed by atoms with van der Waals surface area (Å²) < 4.78 is 5.99. The molecule has 0 aromatic heterocycles. The lowest BCUT2D eigenvalue weighted by Crippen LogP contribution is -2.29. The van der Waals surface area contributed by atoms with Gasteiger partial charge in [-0.05, 0) is 91.8 Å². The summed E-state index contributed by atoms with van der Waals surface area (Å²) in [6.07, 6.45) is 7.68. The highest BCUT2D eigenvalue weighted by atomic mass is 35.5. The number of ether oxygens (including phenoxy) is 1. The first-order valence-corrected chi connectivity index (χ1v) is 14.0. The van der Waals surface area contributed by atoms with E-state index >= 15 is 0 Å². The number of rotatable bonds is 6. The second kappa shape index (κ2) is 10.7. The molecule has 0 bridgehead atoms. The summed E-state index contributed by atoms with van der Waals surface area (Å²) in [6.45, 7) is 6.85. The first kappa shape index (κ1) is 25.5. The van der Waals surface area contributed by atoms with Gasteiger partial charge in [0.2, 0.25) is 0 Å². The molecule has 1 heterocycles. The number of nitrogens with zero attached hydrogens (tertiary/aromatic N) is 1. The Hall–Kier alpha value is -3.82. The quantitative estimate of drug-likeness (QED) is 0.198. The summed E-state index contributed by atoms with van der Waals surface area (Å²) in [4.78, 5) is 4.70. The number of aliphatic imine (C=N–C) groups is 1. The van der Waals surface area contributed by atoms with Crippen molar-refractivity contribution in [1.82, 2.24) is 0 Å². The average Bonchev–Trinajstić information content (AvgIpc) is 3.41. The number of hydrogen-bond donors (Lipinski definition) is 1. The van der Waals surface area contributed by atoms with Gasteiger partial charge >= 0.3 is 0 Å². The van der Waals surface area contributed by atoms with Gasteiger partial charge in [-0.2, -0.15) is 0 Å². The minimum absolute atomic E-state index is 0.285. The van der Waals surface area contributed by atoms with E-state index in [1.807, 2.05) is 24.4 Å². The molecule has 1 aliphatic carbocycles. The minimum atomic E-state index is 0.285. The molecule has 1 N–H and O–H groups in total. The maximum Gasteiger partial charge on any atom is 0.138 e. The molecule has 39 heavy (non-hydrogen) atoms. The predicted molar refractivity (Wildman–Crippen MR) is 163 cm³/mol. The third-order valence-electron chi connectivity index (χ3n) is 7.76. The molecule has 3 nitrogen and oxygen atoms in total. The zero-order valence-electron chi connectivity index (χ0n) is 22.6. The molecule has 0 radical (unpaired) electrons. The van der Waals surface area contributed by atoms with Crippen LogP contribution in [0.2, 0.25) is 5.02 Å². The Morgan fingerprint density at radius 1 is 0.897 bits per heavy atom. The number of nitrogens with one attached hydrogen (secondary N) is 1. The van der Waals surface area contributed by atoms with Crippen molar-refractivity contribution in [3.63, 3.8) is 0 Å². The Kier molecular flexibility index (Phi) is 7.01. The summed E-state index contributed by atoms with van der Waals surface area (Å²) in [6, 6.07) is 27.9. The number of hydrogen-bond acceptors (Lipinski definition) is 3. The lowest BCUT2D eigenvalue weighted by Gasteiger charge is -2.37. The standard InChI is InChI=1S/C35H33ClN2O/c1-22-7-13-33-31(18-22)29-5-4-6-30(29)35(38-33)27-9-11-28(12-10-27)37-20-25-8-14-34(32(36)19-25)39-21-26-16-23(2)15-24(3)17-26/h4-5,7-20,29-30,35,38H,6,21H2,1-3H3/t29-,30-,35-/m0/s1. The SMILES string of the molecule is Cc1cc(C)cc(COc2ccc(C=Nc3ccc([C@@H]4Nc5ccc(C)cc5[C@H]5C=CC[C@@H]54)cc3)cc2Cl)c1. The van der Waals surface area contributed by atoms with Crippen LogP contribution in [0.3, 0.4) is 0 Å². The van der Waals surface area contributed by atoms with Gasteiger partial charge in [0.25, 0.3) is 0 Å². The van der Waals surface area contributed by atoms with Gasteiger partial charge < -0.3 is 10.1 Å². The third kappa shape index (κ3) is 5.51. The van der Waals surface area contributed by atoms with E-state index in [2.05, 4.69) is 98.9 Å². The van der Waals surface area contributed by atoms with E-state index in [9.17, 15) is 0 Å². The van der Waals surface area contributed by atoms with E-state index in [4.69, 9.17) is 21.3 Å². The fraction of sp³-hybridized carbons (Fsp3) is 0.229. The van der Waals surface area contributed by atoms with Crippen LogP contribution in [0.25, 0.3) is 0 Å². The van der Waals surface area contributed by atoms with Crippen LogP contribution in [-0.4, -0.2) is 6.21 Å². The van der Waals surface area contributed by atoms with Crippen LogP contribution in [0.5, 0.6) is 5.75 Å². The number of aryl methyl sites for hydroxylation is 3. The van der Waals surface area contributed by atoms with Gasteiger partial charge in [-0.3, -0.25) is 4.99 Å².